The number of aromatic carboxylic acids is 1. The average Bonchev–Trinajstić information content (AvgIpc) is 2.62. The van der Waals surface area contributed by atoms with E-state index in [0.29, 0.717) is 26.2 Å². The summed E-state index contributed by atoms with van der Waals surface area (Å²) in [4.78, 5) is 11.1. The third-order valence-electron chi connectivity index (χ3n) is 5.03. The molecular formula is C17H24N2O4S. The Hall–Kier alpha value is -1.44. The van der Waals surface area contributed by atoms with E-state index in [0.717, 1.165) is 37.7 Å². The van der Waals surface area contributed by atoms with Crippen LogP contribution in [0.15, 0.2) is 24.3 Å². The third-order valence-corrected chi connectivity index (χ3v) is 7.06. The van der Waals surface area contributed by atoms with Crippen molar-refractivity contribution in [1.82, 2.24) is 8.61 Å². The van der Waals surface area contributed by atoms with E-state index in [1.54, 1.807) is 26.8 Å². The van der Waals surface area contributed by atoms with E-state index in [4.69, 9.17) is 5.11 Å². The van der Waals surface area contributed by atoms with Crippen LogP contribution in [0.2, 0.25) is 0 Å². The number of hydrogen-bond acceptors (Lipinski definition) is 3. The molecule has 2 heterocycles. The van der Waals surface area contributed by atoms with Gasteiger partial charge in [-0.05, 0) is 49.3 Å². The number of carboxylic acid groups (broad SMARTS) is 1. The van der Waals surface area contributed by atoms with Crippen molar-refractivity contribution in [3.05, 3.63) is 35.4 Å². The second-order valence-electron chi connectivity index (χ2n) is 6.57. The Kier molecular flexibility index (Phi) is 5.22. The highest BCUT2D eigenvalue weighted by Crippen LogP contribution is 2.30. The van der Waals surface area contributed by atoms with E-state index in [9.17, 15) is 13.2 Å². The lowest BCUT2D eigenvalue weighted by atomic mass is 9.89. The molecule has 3 rings (SSSR count). The lowest BCUT2D eigenvalue weighted by Gasteiger charge is -2.36. The largest absolute Gasteiger partial charge is 0.478 e. The van der Waals surface area contributed by atoms with Gasteiger partial charge in [-0.15, -0.1) is 0 Å². The molecule has 132 valence electrons. The van der Waals surface area contributed by atoms with Crippen molar-refractivity contribution < 1.29 is 18.3 Å². The van der Waals surface area contributed by atoms with Crippen LogP contribution in [0.4, 0.5) is 0 Å². The smallest absolute Gasteiger partial charge is 0.335 e. The van der Waals surface area contributed by atoms with Gasteiger partial charge in [0.05, 0.1) is 5.56 Å². The number of piperidine rings is 2. The maximum atomic E-state index is 12.7. The zero-order chi connectivity index (χ0) is 17.2. The van der Waals surface area contributed by atoms with Crippen LogP contribution in [-0.2, 0) is 10.2 Å². The molecule has 0 saturated carbocycles. The van der Waals surface area contributed by atoms with Gasteiger partial charge >= 0.3 is 5.97 Å². The maximum absolute atomic E-state index is 12.7. The van der Waals surface area contributed by atoms with Gasteiger partial charge in [0, 0.05) is 26.2 Å². The normalized spacial score (nSPS) is 21.7. The highest BCUT2D eigenvalue weighted by molar-refractivity contribution is 7.86. The topological polar surface area (TPSA) is 77.9 Å². The first kappa shape index (κ1) is 17.4. The number of carbonyl (C=O) groups is 1. The second-order valence-corrected chi connectivity index (χ2v) is 8.50. The van der Waals surface area contributed by atoms with Crippen molar-refractivity contribution in [3.63, 3.8) is 0 Å². The Balaban J connectivity index is 1.65. The van der Waals surface area contributed by atoms with Gasteiger partial charge in [0.1, 0.15) is 0 Å². The predicted octanol–water partition coefficient (Wildman–Crippen LogP) is 2.29. The number of hydrogen-bond donors (Lipinski definition) is 1. The van der Waals surface area contributed by atoms with E-state index < -0.39 is 16.2 Å². The van der Waals surface area contributed by atoms with E-state index in [1.807, 2.05) is 6.07 Å². The van der Waals surface area contributed by atoms with Crippen LogP contribution in [0.5, 0.6) is 0 Å². The molecular weight excluding hydrogens is 328 g/mol. The van der Waals surface area contributed by atoms with Crippen LogP contribution < -0.4 is 0 Å². The van der Waals surface area contributed by atoms with Gasteiger partial charge in [0.25, 0.3) is 10.2 Å². The number of nitrogens with zero attached hydrogens (tertiary/aromatic N) is 2. The molecule has 0 bridgehead atoms. The van der Waals surface area contributed by atoms with E-state index in [-0.39, 0.29) is 11.5 Å². The molecule has 1 aromatic rings. The quantitative estimate of drug-likeness (QED) is 0.902. The summed E-state index contributed by atoms with van der Waals surface area (Å²) >= 11 is 0. The van der Waals surface area contributed by atoms with Gasteiger partial charge in [0.2, 0.25) is 0 Å². The zero-order valence-corrected chi connectivity index (χ0v) is 14.5. The van der Waals surface area contributed by atoms with Crippen LogP contribution in [0, 0.1) is 0 Å². The first-order chi connectivity index (χ1) is 11.5. The fourth-order valence-electron chi connectivity index (χ4n) is 3.60. The van der Waals surface area contributed by atoms with Crippen LogP contribution >= 0.6 is 0 Å². The number of carboxylic acids is 1. The molecule has 2 aliphatic heterocycles. The van der Waals surface area contributed by atoms with Crippen molar-refractivity contribution in [2.75, 3.05) is 26.2 Å². The van der Waals surface area contributed by atoms with E-state index in [1.165, 1.54) is 0 Å². The zero-order valence-electron chi connectivity index (χ0n) is 13.7. The molecule has 1 N–H and O–H groups in total. The summed E-state index contributed by atoms with van der Waals surface area (Å²) in [5.41, 5.74) is 1.28. The molecule has 0 spiro atoms. The third kappa shape index (κ3) is 3.63. The van der Waals surface area contributed by atoms with Gasteiger partial charge in [-0.3, -0.25) is 0 Å². The van der Waals surface area contributed by atoms with Gasteiger partial charge in [-0.1, -0.05) is 18.6 Å². The Morgan fingerprint density at radius 1 is 1.00 bits per heavy atom. The predicted molar refractivity (Wildman–Crippen MR) is 91.3 cm³/mol. The van der Waals surface area contributed by atoms with Crippen molar-refractivity contribution in [2.24, 2.45) is 0 Å². The minimum absolute atomic E-state index is 0.220. The second kappa shape index (κ2) is 7.21. The standard InChI is InChI=1S/C17H24N2O4S/c20-17(21)16-6-4-5-15(13-16)14-7-11-19(12-8-14)24(22,23)18-9-2-1-3-10-18/h4-6,13-14H,1-3,7-12H2,(H,20,21). The molecule has 0 amide bonds. The summed E-state index contributed by atoms with van der Waals surface area (Å²) in [6.45, 7) is 2.26. The molecule has 2 fully saturated rings. The Morgan fingerprint density at radius 3 is 2.25 bits per heavy atom. The van der Waals surface area contributed by atoms with Crippen LogP contribution in [0.25, 0.3) is 0 Å². The molecule has 0 unspecified atom stereocenters. The molecule has 7 heteroatoms. The summed E-state index contributed by atoms with van der Waals surface area (Å²) in [7, 11) is -3.34. The van der Waals surface area contributed by atoms with Gasteiger partial charge in [-0.2, -0.15) is 17.0 Å². The van der Waals surface area contributed by atoms with Crippen molar-refractivity contribution in [2.45, 2.75) is 38.0 Å². The highest BCUT2D eigenvalue weighted by atomic mass is 32.2. The fourth-order valence-corrected chi connectivity index (χ4v) is 5.32. The molecule has 2 aliphatic rings. The minimum atomic E-state index is -3.34. The number of rotatable bonds is 4. The Morgan fingerprint density at radius 2 is 1.62 bits per heavy atom. The number of benzene rings is 1. The van der Waals surface area contributed by atoms with Crippen LogP contribution in [0.1, 0.15) is 53.9 Å². The average molecular weight is 352 g/mol. The summed E-state index contributed by atoms with van der Waals surface area (Å²) < 4.78 is 28.6. The van der Waals surface area contributed by atoms with Gasteiger partial charge in [0.15, 0.2) is 0 Å². The van der Waals surface area contributed by atoms with Crippen LogP contribution in [0.3, 0.4) is 0 Å². The summed E-state index contributed by atoms with van der Waals surface area (Å²) in [5.74, 6) is -0.709. The molecule has 0 radical (unpaired) electrons. The SMILES string of the molecule is O=C(O)c1cccc(C2CCN(S(=O)(=O)N3CCCCC3)CC2)c1. The van der Waals surface area contributed by atoms with E-state index >= 15 is 0 Å². The lowest BCUT2D eigenvalue weighted by molar-refractivity contribution is 0.0696. The first-order valence-electron chi connectivity index (χ1n) is 8.57. The first-order valence-corrected chi connectivity index (χ1v) is 9.96. The summed E-state index contributed by atoms with van der Waals surface area (Å²) in [6.07, 6.45) is 4.45. The molecule has 0 aliphatic carbocycles. The molecule has 0 aromatic heterocycles. The highest BCUT2D eigenvalue weighted by Gasteiger charge is 2.33. The summed E-state index contributed by atoms with van der Waals surface area (Å²) in [5, 5.41) is 9.11. The maximum Gasteiger partial charge on any atom is 0.335 e. The summed E-state index contributed by atoms with van der Waals surface area (Å²) in [6, 6.07) is 6.99. The van der Waals surface area contributed by atoms with Crippen molar-refractivity contribution in [3.8, 4) is 0 Å². The molecule has 24 heavy (non-hydrogen) atoms. The fraction of sp³-hybridized carbons (Fsp3) is 0.588. The molecule has 2 saturated heterocycles. The van der Waals surface area contributed by atoms with Crippen molar-refractivity contribution in [1.29, 1.82) is 0 Å². The minimum Gasteiger partial charge on any atom is -0.478 e. The van der Waals surface area contributed by atoms with Gasteiger partial charge in [-0.25, -0.2) is 4.79 Å². The Bertz CT molecular complexity index is 690. The Labute approximate surface area is 143 Å². The van der Waals surface area contributed by atoms with Gasteiger partial charge < -0.3 is 5.11 Å². The van der Waals surface area contributed by atoms with Crippen LogP contribution in [-0.4, -0.2) is 54.3 Å². The lowest BCUT2D eigenvalue weighted by Crippen LogP contribution is -2.48. The monoisotopic (exact) mass is 352 g/mol. The molecule has 0 atom stereocenters. The van der Waals surface area contributed by atoms with Crippen molar-refractivity contribution >= 4 is 16.2 Å². The molecule has 6 nitrogen and oxygen atoms in total. The molecule has 1 aromatic carbocycles. The van der Waals surface area contributed by atoms with E-state index in [2.05, 4.69) is 0 Å².